The van der Waals surface area contributed by atoms with E-state index in [0.29, 0.717) is 48.9 Å². The minimum atomic E-state index is -0.486. The number of aliphatic hydroxyl groups is 1. The third kappa shape index (κ3) is 3.97. The zero-order valence-corrected chi connectivity index (χ0v) is 20.3. The smallest absolute Gasteiger partial charge is 0.235 e. The van der Waals surface area contributed by atoms with Gasteiger partial charge in [-0.05, 0) is 80.6 Å². The maximum atomic E-state index is 12.8. The summed E-state index contributed by atoms with van der Waals surface area (Å²) in [6.45, 7) is 2.92. The number of nitrogens with one attached hydrogen (secondary N) is 1. The number of piperidine rings is 1. The first kappa shape index (κ1) is 22.8. The van der Waals surface area contributed by atoms with Gasteiger partial charge in [-0.1, -0.05) is 11.6 Å². The Morgan fingerprint density at radius 1 is 1.17 bits per heavy atom. The Morgan fingerprint density at radius 3 is 2.74 bits per heavy atom. The van der Waals surface area contributed by atoms with Crippen LogP contribution in [0.15, 0.2) is 30.5 Å². The molecule has 0 atom stereocenters. The van der Waals surface area contributed by atoms with Crippen LogP contribution in [0.4, 0.5) is 11.5 Å². The van der Waals surface area contributed by atoms with Crippen LogP contribution >= 0.6 is 11.6 Å². The Hall–Kier alpha value is -2.68. The van der Waals surface area contributed by atoms with E-state index in [1.807, 2.05) is 24.3 Å². The van der Waals surface area contributed by atoms with E-state index in [0.717, 1.165) is 49.3 Å². The zero-order chi connectivity index (χ0) is 24.2. The minimum Gasteiger partial charge on any atom is -0.491 e. The number of ether oxygens (including phenoxy) is 1. The van der Waals surface area contributed by atoms with E-state index in [2.05, 4.69) is 15.2 Å². The summed E-state index contributed by atoms with van der Waals surface area (Å²) in [5.74, 6) is 1.58. The van der Waals surface area contributed by atoms with Crippen LogP contribution in [-0.2, 0) is 21.4 Å². The van der Waals surface area contributed by atoms with Crippen molar-refractivity contribution in [3.63, 3.8) is 0 Å². The molecule has 1 saturated heterocycles. The summed E-state index contributed by atoms with van der Waals surface area (Å²) in [4.78, 5) is 33.9. The monoisotopic (exact) mass is 496 g/mol. The Balaban J connectivity index is 1.05. The molecule has 4 aliphatic rings. The van der Waals surface area contributed by atoms with Gasteiger partial charge in [0.05, 0.1) is 17.7 Å². The van der Waals surface area contributed by atoms with Gasteiger partial charge in [-0.2, -0.15) is 0 Å². The molecule has 6 rings (SSSR count). The molecule has 2 aromatic rings. The summed E-state index contributed by atoms with van der Waals surface area (Å²) in [5, 5.41) is 13.3. The molecule has 3 aliphatic heterocycles. The number of rotatable bonds is 5. The van der Waals surface area contributed by atoms with Gasteiger partial charge in [0.15, 0.2) is 0 Å². The molecule has 2 amide bonds. The fourth-order valence-corrected chi connectivity index (χ4v) is 6.09. The summed E-state index contributed by atoms with van der Waals surface area (Å²) < 4.78 is 6.02. The van der Waals surface area contributed by atoms with Gasteiger partial charge in [-0.3, -0.25) is 19.4 Å². The van der Waals surface area contributed by atoms with Crippen LogP contribution in [-0.4, -0.2) is 65.2 Å². The van der Waals surface area contributed by atoms with Crippen LogP contribution in [0.5, 0.6) is 5.75 Å². The highest BCUT2D eigenvalue weighted by molar-refractivity contribution is 6.31. The molecular weight excluding hydrogens is 468 g/mol. The maximum Gasteiger partial charge on any atom is 0.235 e. The lowest BCUT2D eigenvalue weighted by molar-refractivity contribution is -0.122. The number of aromatic nitrogens is 1. The van der Waals surface area contributed by atoms with Crippen LogP contribution in [0.2, 0.25) is 5.02 Å². The number of aryl methyl sites for hydroxylation is 1. The second-order valence-corrected chi connectivity index (χ2v) is 10.5. The summed E-state index contributed by atoms with van der Waals surface area (Å²) in [5.41, 5.74) is 2.44. The van der Waals surface area contributed by atoms with Gasteiger partial charge in [-0.25, -0.2) is 4.98 Å². The van der Waals surface area contributed by atoms with Crippen LogP contribution < -0.4 is 15.0 Å². The predicted octanol–water partition coefficient (Wildman–Crippen LogP) is 2.90. The molecule has 1 aromatic carbocycles. The molecule has 0 bridgehead atoms. The van der Waals surface area contributed by atoms with E-state index in [1.165, 1.54) is 0 Å². The predicted molar refractivity (Wildman–Crippen MR) is 132 cm³/mol. The first-order valence-corrected chi connectivity index (χ1v) is 12.8. The van der Waals surface area contributed by atoms with Crippen LogP contribution in [0.25, 0.3) is 0 Å². The first-order chi connectivity index (χ1) is 16.9. The number of aliphatic hydroxyl groups excluding tert-OH is 1. The normalized spacial score (nSPS) is 25.1. The molecule has 2 fully saturated rings. The Labute approximate surface area is 209 Å². The van der Waals surface area contributed by atoms with Gasteiger partial charge in [-0.15, -0.1) is 0 Å². The Bertz CT molecular complexity index is 1170. The standard InChI is InChI=1S/C26H29ClN4O4/c27-17-2-3-22-21(12-17)26(25(34)29-22)5-7-30(8-6-26)9-10-35-20-11-16-1-4-23(33)31(24(16)28-15-20)18-13-19(32)14-18/h2-3,11-12,15,18-19,32H,1,4-10,13-14H2,(H,29,34). The molecule has 4 heterocycles. The van der Waals surface area contributed by atoms with Crippen molar-refractivity contribution in [1.82, 2.24) is 9.88 Å². The summed E-state index contributed by atoms with van der Waals surface area (Å²) in [6, 6.07) is 7.67. The molecule has 1 aromatic heterocycles. The third-order valence-electron chi connectivity index (χ3n) is 8.04. The maximum absolute atomic E-state index is 12.8. The number of carbonyl (C=O) groups is 2. The molecular formula is C26H29ClN4O4. The van der Waals surface area contributed by atoms with Crippen molar-refractivity contribution < 1.29 is 19.4 Å². The van der Waals surface area contributed by atoms with E-state index in [-0.39, 0.29) is 24.0 Å². The number of benzene rings is 1. The first-order valence-electron chi connectivity index (χ1n) is 12.4. The van der Waals surface area contributed by atoms with E-state index < -0.39 is 5.41 Å². The number of hydrogen-bond donors (Lipinski definition) is 2. The quantitative estimate of drug-likeness (QED) is 0.661. The molecule has 0 unspecified atom stereocenters. The van der Waals surface area contributed by atoms with E-state index in [9.17, 15) is 14.7 Å². The number of nitrogens with zero attached hydrogens (tertiary/aromatic N) is 3. The molecule has 1 saturated carbocycles. The van der Waals surface area contributed by atoms with E-state index in [4.69, 9.17) is 16.3 Å². The highest BCUT2D eigenvalue weighted by Gasteiger charge is 2.48. The van der Waals surface area contributed by atoms with Crippen LogP contribution in [0, 0.1) is 0 Å². The van der Waals surface area contributed by atoms with Crippen molar-refractivity contribution in [2.45, 2.75) is 56.1 Å². The number of carbonyl (C=O) groups excluding carboxylic acids is 2. The van der Waals surface area contributed by atoms with Gasteiger partial charge in [0.1, 0.15) is 18.2 Å². The van der Waals surface area contributed by atoms with E-state index >= 15 is 0 Å². The number of likely N-dealkylation sites (tertiary alicyclic amines) is 1. The summed E-state index contributed by atoms with van der Waals surface area (Å²) >= 11 is 6.22. The topological polar surface area (TPSA) is 95.0 Å². The molecule has 2 N–H and O–H groups in total. The summed E-state index contributed by atoms with van der Waals surface area (Å²) in [7, 11) is 0. The average molecular weight is 497 g/mol. The van der Waals surface area contributed by atoms with Crippen molar-refractivity contribution >= 4 is 34.9 Å². The molecule has 9 heteroatoms. The van der Waals surface area contributed by atoms with Gasteiger partial charge < -0.3 is 15.2 Å². The second kappa shape index (κ2) is 8.76. The van der Waals surface area contributed by atoms with Crippen molar-refractivity contribution in [3.8, 4) is 5.75 Å². The largest absolute Gasteiger partial charge is 0.491 e. The van der Waals surface area contributed by atoms with E-state index in [1.54, 1.807) is 11.1 Å². The molecule has 1 spiro atoms. The highest BCUT2D eigenvalue weighted by atomic mass is 35.5. The van der Waals surface area contributed by atoms with Gasteiger partial charge >= 0.3 is 0 Å². The van der Waals surface area contributed by atoms with Gasteiger partial charge in [0.2, 0.25) is 11.8 Å². The second-order valence-electron chi connectivity index (χ2n) is 10.1. The Kier molecular flexibility index (Phi) is 5.70. The fourth-order valence-electron chi connectivity index (χ4n) is 5.92. The van der Waals surface area contributed by atoms with Crippen molar-refractivity contribution in [1.29, 1.82) is 0 Å². The van der Waals surface area contributed by atoms with Crippen molar-refractivity contribution in [3.05, 3.63) is 46.6 Å². The third-order valence-corrected chi connectivity index (χ3v) is 8.28. The lowest BCUT2D eigenvalue weighted by atomic mass is 9.73. The summed E-state index contributed by atoms with van der Waals surface area (Å²) in [6.07, 6.45) is 5.23. The van der Waals surface area contributed by atoms with Gasteiger partial charge in [0, 0.05) is 29.7 Å². The average Bonchev–Trinajstić information content (AvgIpc) is 3.09. The number of hydrogen-bond acceptors (Lipinski definition) is 6. The SMILES string of the molecule is O=C1CCc2cc(OCCN3CCC4(CC3)C(=O)Nc3ccc(Cl)cc34)cnc2N1C1CC(O)C1. The number of anilines is 2. The highest BCUT2D eigenvalue weighted by Crippen LogP contribution is 2.45. The number of pyridine rings is 1. The number of fused-ring (bicyclic) bond motifs is 3. The number of amides is 2. The molecule has 35 heavy (non-hydrogen) atoms. The lowest BCUT2D eigenvalue weighted by Gasteiger charge is -2.42. The molecule has 8 nitrogen and oxygen atoms in total. The lowest BCUT2D eigenvalue weighted by Crippen LogP contribution is -2.52. The molecule has 0 radical (unpaired) electrons. The minimum absolute atomic E-state index is 0.0446. The Morgan fingerprint density at radius 2 is 1.97 bits per heavy atom. The van der Waals surface area contributed by atoms with Crippen molar-refractivity contribution in [2.75, 3.05) is 36.5 Å². The molecule has 1 aliphatic carbocycles. The number of halogens is 1. The van der Waals surface area contributed by atoms with Crippen LogP contribution in [0.1, 0.15) is 43.2 Å². The fraction of sp³-hybridized carbons (Fsp3) is 0.500. The molecule has 184 valence electrons. The van der Waals surface area contributed by atoms with Crippen LogP contribution in [0.3, 0.4) is 0 Å². The van der Waals surface area contributed by atoms with Crippen molar-refractivity contribution in [2.24, 2.45) is 0 Å². The van der Waals surface area contributed by atoms with Gasteiger partial charge in [0.25, 0.3) is 0 Å². The zero-order valence-electron chi connectivity index (χ0n) is 19.5.